The van der Waals surface area contributed by atoms with E-state index in [4.69, 9.17) is 10.0 Å². The van der Waals surface area contributed by atoms with Crippen LogP contribution in [-0.4, -0.2) is 23.8 Å². The second kappa shape index (κ2) is 4.39. The second-order valence-corrected chi connectivity index (χ2v) is 2.59. The Morgan fingerprint density at radius 2 is 2.00 bits per heavy atom. The van der Waals surface area contributed by atoms with E-state index in [2.05, 4.69) is 4.74 Å². The molecule has 6 heteroatoms. The molecule has 1 aromatic rings. The summed E-state index contributed by atoms with van der Waals surface area (Å²) in [6.45, 7) is 1.67. The van der Waals surface area contributed by atoms with Crippen molar-refractivity contribution in [3.63, 3.8) is 0 Å². The molecule has 0 aliphatic rings. The molecule has 0 amide bonds. The van der Waals surface area contributed by atoms with Crippen LogP contribution < -0.4 is 10.2 Å². The monoisotopic (exact) mass is 202 g/mol. The number of hydrogen-bond acceptors (Lipinski definition) is 3. The average Bonchev–Trinajstić information content (AvgIpc) is 2.11. The Balaban J connectivity index is 3.19. The van der Waals surface area contributed by atoms with Gasteiger partial charge in [0, 0.05) is 5.46 Å². The molecule has 0 bridgehead atoms. The fraction of sp³-hybridized carbons (Fsp3) is 0.250. The molecule has 0 fully saturated rings. The molecule has 0 heterocycles. The minimum atomic E-state index is -1.98. The predicted molar refractivity (Wildman–Crippen MR) is 47.4 cm³/mol. The molecule has 0 spiro atoms. The zero-order valence-corrected chi connectivity index (χ0v) is 7.50. The molecule has 0 radical (unpaired) electrons. The summed E-state index contributed by atoms with van der Waals surface area (Å²) in [5.74, 6) is -2.53. The van der Waals surface area contributed by atoms with E-state index in [9.17, 15) is 8.78 Å². The van der Waals surface area contributed by atoms with Gasteiger partial charge in [0.25, 0.3) is 0 Å². The Hall–Kier alpha value is -1.14. The summed E-state index contributed by atoms with van der Waals surface area (Å²) in [4.78, 5) is 0. The third-order valence-corrected chi connectivity index (χ3v) is 1.65. The zero-order valence-electron chi connectivity index (χ0n) is 7.50. The van der Waals surface area contributed by atoms with Gasteiger partial charge in [-0.3, -0.25) is 0 Å². The standard InChI is InChI=1S/C8H9BF2O3/c1-2-14-8-6(10)4-3-5(7(8)11)9(12)13/h3-4,12-13H,2H2,1H3. The van der Waals surface area contributed by atoms with Crippen molar-refractivity contribution < 1.29 is 23.6 Å². The Labute approximate surface area is 80.1 Å². The van der Waals surface area contributed by atoms with Crippen LogP contribution in [0.15, 0.2) is 12.1 Å². The van der Waals surface area contributed by atoms with Crippen LogP contribution in [0.5, 0.6) is 5.75 Å². The summed E-state index contributed by atoms with van der Waals surface area (Å²) in [6, 6.07) is 1.88. The third-order valence-electron chi connectivity index (χ3n) is 1.65. The summed E-state index contributed by atoms with van der Waals surface area (Å²) < 4.78 is 30.9. The predicted octanol–water partition coefficient (Wildman–Crippen LogP) is 0.0433. The summed E-state index contributed by atoms with van der Waals surface area (Å²) in [5, 5.41) is 17.5. The highest BCUT2D eigenvalue weighted by atomic mass is 19.1. The molecule has 0 aromatic heterocycles. The van der Waals surface area contributed by atoms with Crippen molar-refractivity contribution in [2.45, 2.75) is 6.92 Å². The summed E-state index contributed by atoms with van der Waals surface area (Å²) in [7, 11) is -1.98. The number of halogens is 2. The van der Waals surface area contributed by atoms with Crippen LogP contribution in [0.3, 0.4) is 0 Å². The van der Waals surface area contributed by atoms with Crippen LogP contribution >= 0.6 is 0 Å². The van der Waals surface area contributed by atoms with E-state index >= 15 is 0 Å². The molecule has 1 aromatic carbocycles. The Bertz CT molecular complexity index is 331. The SMILES string of the molecule is CCOc1c(F)ccc(B(O)O)c1F. The molecular formula is C8H9BF2O3. The first-order valence-electron chi connectivity index (χ1n) is 4.04. The van der Waals surface area contributed by atoms with Crippen molar-refractivity contribution >= 4 is 12.6 Å². The molecule has 76 valence electrons. The van der Waals surface area contributed by atoms with Gasteiger partial charge in [-0.2, -0.15) is 0 Å². The number of rotatable bonds is 3. The van der Waals surface area contributed by atoms with E-state index in [1.54, 1.807) is 6.92 Å². The smallest absolute Gasteiger partial charge is 0.488 e. The molecular weight excluding hydrogens is 193 g/mol. The molecule has 0 aliphatic heterocycles. The molecule has 0 saturated carbocycles. The largest absolute Gasteiger partial charge is 0.491 e. The van der Waals surface area contributed by atoms with Gasteiger partial charge in [0.2, 0.25) is 0 Å². The second-order valence-electron chi connectivity index (χ2n) is 2.59. The van der Waals surface area contributed by atoms with Crippen molar-refractivity contribution in [1.29, 1.82) is 0 Å². The normalized spacial score (nSPS) is 10.1. The van der Waals surface area contributed by atoms with Gasteiger partial charge in [-0.1, -0.05) is 6.07 Å². The summed E-state index contributed by atoms with van der Waals surface area (Å²) in [5.41, 5.74) is -0.408. The van der Waals surface area contributed by atoms with Gasteiger partial charge in [0.1, 0.15) is 0 Å². The lowest BCUT2D eigenvalue weighted by molar-refractivity contribution is 0.303. The van der Waals surface area contributed by atoms with E-state index in [1.165, 1.54) is 0 Å². The van der Waals surface area contributed by atoms with E-state index in [-0.39, 0.29) is 6.61 Å². The van der Waals surface area contributed by atoms with Gasteiger partial charge in [0.15, 0.2) is 17.4 Å². The first kappa shape index (κ1) is 10.9. The fourth-order valence-corrected chi connectivity index (χ4v) is 1.02. The van der Waals surface area contributed by atoms with Crippen LogP contribution in [0, 0.1) is 11.6 Å². The third kappa shape index (κ3) is 2.02. The first-order valence-corrected chi connectivity index (χ1v) is 4.04. The minimum absolute atomic E-state index is 0.0960. The topological polar surface area (TPSA) is 49.7 Å². The van der Waals surface area contributed by atoms with Crippen LogP contribution in [0.1, 0.15) is 6.92 Å². The maximum Gasteiger partial charge on any atom is 0.491 e. The molecule has 14 heavy (non-hydrogen) atoms. The quantitative estimate of drug-likeness (QED) is 0.680. The molecule has 0 atom stereocenters. The first-order chi connectivity index (χ1) is 6.57. The van der Waals surface area contributed by atoms with Crippen molar-refractivity contribution in [3.05, 3.63) is 23.8 Å². The van der Waals surface area contributed by atoms with E-state index < -0.39 is 30.0 Å². The highest BCUT2D eigenvalue weighted by Gasteiger charge is 2.22. The van der Waals surface area contributed by atoms with Crippen LogP contribution in [0.2, 0.25) is 0 Å². The van der Waals surface area contributed by atoms with E-state index in [1.807, 2.05) is 0 Å². The lowest BCUT2D eigenvalue weighted by Gasteiger charge is -2.08. The number of ether oxygens (including phenoxy) is 1. The minimum Gasteiger partial charge on any atom is -0.488 e. The Morgan fingerprint density at radius 1 is 1.36 bits per heavy atom. The molecule has 3 nitrogen and oxygen atoms in total. The molecule has 1 rings (SSSR count). The zero-order chi connectivity index (χ0) is 10.7. The van der Waals surface area contributed by atoms with Crippen molar-refractivity contribution in [3.8, 4) is 5.75 Å². The van der Waals surface area contributed by atoms with Gasteiger partial charge in [-0.05, 0) is 13.0 Å². The fourth-order valence-electron chi connectivity index (χ4n) is 1.02. The Morgan fingerprint density at radius 3 is 2.50 bits per heavy atom. The average molecular weight is 202 g/mol. The van der Waals surface area contributed by atoms with Crippen molar-refractivity contribution in [1.82, 2.24) is 0 Å². The highest BCUT2D eigenvalue weighted by molar-refractivity contribution is 6.58. The van der Waals surface area contributed by atoms with Gasteiger partial charge in [-0.15, -0.1) is 0 Å². The van der Waals surface area contributed by atoms with Crippen LogP contribution in [0.4, 0.5) is 8.78 Å². The Kier molecular flexibility index (Phi) is 3.43. The van der Waals surface area contributed by atoms with Crippen molar-refractivity contribution in [2.75, 3.05) is 6.61 Å². The van der Waals surface area contributed by atoms with E-state index in [0.29, 0.717) is 0 Å². The lowest BCUT2D eigenvalue weighted by atomic mass is 9.80. The summed E-state index contributed by atoms with van der Waals surface area (Å²) in [6.07, 6.45) is 0. The molecule has 2 N–H and O–H groups in total. The molecule has 0 unspecified atom stereocenters. The van der Waals surface area contributed by atoms with Gasteiger partial charge < -0.3 is 14.8 Å². The molecule has 0 aliphatic carbocycles. The van der Waals surface area contributed by atoms with Gasteiger partial charge in [-0.25, -0.2) is 8.78 Å². The van der Waals surface area contributed by atoms with Gasteiger partial charge >= 0.3 is 7.12 Å². The highest BCUT2D eigenvalue weighted by Crippen LogP contribution is 2.19. The lowest BCUT2D eigenvalue weighted by Crippen LogP contribution is -2.33. The number of benzene rings is 1. The van der Waals surface area contributed by atoms with E-state index in [0.717, 1.165) is 12.1 Å². The molecule has 0 saturated heterocycles. The van der Waals surface area contributed by atoms with Crippen LogP contribution in [-0.2, 0) is 0 Å². The van der Waals surface area contributed by atoms with Gasteiger partial charge in [0.05, 0.1) is 6.61 Å². The summed E-state index contributed by atoms with van der Waals surface area (Å²) >= 11 is 0. The van der Waals surface area contributed by atoms with Crippen LogP contribution in [0.25, 0.3) is 0 Å². The number of hydrogen-bond donors (Lipinski definition) is 2. The maximum atomic E-state index is 13.3. The van der Waals surface area contributed by atoms with Crippen molar-refractivity contribution in [2.24, 2.45) is 0 Å². The maximum absolute atomic E-state index is 13.3.